The Bertz CT molecular complexity index is 280. The number of nitrogens with one attached hydrogen (secondary N) is 1. The minimum Gasteiger partial charge on any atom is -0.374 e. The lowest BCUT2D eigenvalue weighted by Gasteiger charge is -2.39. The van der Waals surface area contributed by atoms with E-state index in [1.54, 1.807) is 0 Å². The van der Waals surface area contributed by atoms with Crippen LogP contribution in [0.15, 0.2) is 0 Å². The molecule has 0 aromatic heterocycles. The SMILES string of the molecule is CC(C)C1CCCCC1NCC1CN(C(C)C)CCO1. The van der Waals surface area contributed by atoms with Crippen molar-refractivity contribution in [2.24, 2.45) is 11.8 Å². The van der Waals surface area contributed by atoms with E-state index >= 15 is 0 Å². The molecule has 0 spiro atoms. The molecule has 2 fully saturated rings. The van der Waals surface area contributed by atoms with Crippen LogP contribution in [0.25, 0.3) is 0 Å². The van der Waals surface area contributed by atoms with Crippen molar-refractivity contribution < 1.29 is 4.74 Å². The van der Waals surface area contributed by atoms with Gasteiger partial charge in [0.05, 0.1) is 12.7 Å². The molecule has 0 aromatic rings. The zero-order chi connectivity index (χ0) is 14.5. The second-order valence-electron chi connectivity index (χ2n) is 7.29. The predicted octanol–water partition coefficient (Wildman–Crippen LogP) is 2.90. The third-order valence-electron chi connectivity index (χ3n) is 5.18. The van der Waals surface area contributed by atoms with Crippen molar-refractivity contribution in [2.75, 3.05) is 26.2 Å². The monoisotopic (exact) mass is 282 g/mol. The van der Waals surface area contributed by atoms with Crippen LogP contribution in [-0.4, -0.2) is 49.3 Å². The molecule has 1 heterocycles. The first-order chi connectivity index (χ1) is 9.58. The maximum absolute atomic E-state index is 5.94. The van der Waals surface area contributed by atoms with E-state index in [0.717, 1.165) is 38.1 Å². The second-order valence-corrected chi connectivity index (χ2v) is 7.29. The minimum atomic E-state index is 0.376. The molecule has 1 aliphatic heterocycles. The predicted molar refractivity (Wildman–Crippen MR) is 85.0 cm³/mol. The molecule has 0 amide bonds. The van der Waals surface area contributed by atoms with Crippen LogP contribution < -0.4 is 5.32 Å². The summed E-state index contributed by atoms with van der Waals surface area (Å²) >= 11 is 0. The molecule has 3 atom stereocenters. The van der Waals surface area contributed by atoms with Gasteiger partial charge in [0.15, 0.2) is 0 Å². The van der Waals surface area contributed by atoms with Crippen LogP contribution in [-0.2, 0) is 4.74 Å². The lowest BCUT2D eigenvalue weighted by molar-refractivity contribution is -0.0396. The van der Waals surface area contributed by atoms with Gasteiger partial charge in [-0.2, -0.15) is 0 Å². The average Bonchev–Trinajstić information content (AvgIpc) is 2.45. The molecular formula is C17H34N2O. The number of nitrogens with zero attached hydrogens (tertiary/aromatic N) is 1. The van der Waals surface area contributed by atoms with Crippen LogP contribution >= 0.6 is 0 Å². The highest BCUT2D eigenvalue weighted by Crippen LogP contribution is 2.30. The number of hydrogen-bond acceptors (Lipinski definition) is 3. The van der Waals surface area contributed by atoms with Crippen molar-refractivity contribution in [1.82, 2.24) is 10.2 Å². The number of hydrogen-bond donors (Lipinski definition) is 1. The smallest absolute Gasteiger partial charge is 0.0826 e. The standard InChI is InChI=1S/C17H34N2O/c1-13(2)16-7-5-6-8-17(16)18-11-15-12-19(14(3)4)9-10-20-15/h13-18H,5-12H2,1-4H3. The maximum atomic E-state index is 5.94. The van der Waals surface area contributed by atoms with Gasteiger partial charge >= 0.3 is 0 Å². The second kappa shape index (κ2) is 7.77. The summed E-state index contributed by atoms with van der Waals surface area (Å²) < 4.78 is 5.94. The highest BCUT2D eigenvalue weighted by molar-refractivity contribution is 4.85. The molecular weight excluding hydrogens is 248 g/mol. The molecule has 118 valence electrons. The van der Waals surface area contributed by atoms with Crippen LogP contribution in [0.4, 0.5) is 0 Å². The Hall–Kier alpha value is -0.120. The van der Waals surface area contributed by atoms with Crippen molar-refractivity contribution in [3.05, 3.63) is 0 Å². The van der Waals surface area contributed by atoms with Crippen LogP contribution in [0.3, 0.4) is 0 Å². The summed E-state index contributed by atoms with van der Waals surface area (Å²) in [6.45, 7) is 13.4. The summed E-state index contributed by atoms with van der Waals surface area (Å²) in [5.74, 6) is 1.65. The Labute approximate surface area is 125 Å². The summed E-state index contributed by atoms with van der Waals surface area (Å²) in [4.78, 5) is 2.54. The van der Waals surface area contributed by atoms with E-state index in [1.807, 2.05) is 0 Å². The Kier molecular flexibility index (Phi) is 6.31. The zero-order valence-electron chi connectivity index (χ0n) is 13.9. The van der Waals surface area contributed by atoms with Gasteiger partial charge in [-0.1, -0.05) is 26.7 Å². The fourth-order valence-corrected chi connectivity index (χ4v) is 3.83. The van der Waals surface area contributed by atoms with Crippen molar-refractivity contribution in [2.45, 2.75) is 71.6 Å². The van der Waals surface area contributed by atoms with Gasteiger partial charge in [0.2, 0.25) is 0 Å². The summed E-state index contributed by atoms with van der Waals surface area (Å²) in [5, 5.41) is 3.83. The number of ether oxygens (including phenoxy) is 1. The molecule has 3 heteroatoms. The third kappa shape index (κ3) is 4.44. The third-order valence-corrected chi connectivity index (χ3v) is 5.18. The molecule has 2 aliphatic rings. The lowest BCUT2D eigenvalue weighted by Crippen LogP contribution is -2.51. The van der Waals surface area contributed by atoms with Crippen LogP contribution in [0.2, 0.25) is 0 Å². The van der Waals surface area contributed by atoms with E-state index in [0.29, 0.717) is 18.2 Å². The molecule has 2 rings (SSSR count). The number of morpholine rings is 1. The van der Waals surface area contributed by atoms with E-state index in [9.17, 15) is 0 Å². The molecule has 1 saturated heterocycles. The Morgan fingerprint density at radius 1 is 1.15 bits per heavy atom. The minimum absolute atomic E-state index is 0.376. The molecule has 1 N–H and O–H groups in total. The lowest BCUT2D eigenvalue weighted by atomic mass is 9.78. The van der Waals surface area contributed by atoms with Crippen LogP contribution in [0.1, 0.15) is 53.4 Å². The molecule has 0 aromatic carbocycles. The largest absolute Gasteiger partial charge is 0.374 e. The number of rotatable bonds is 5. The highest BCUT2D eigenvalue weighted by atomic mass is 16.5. The quantitative estimate of drug-likeness (QED) is 0.839. The van der Waals surface area contributed by atoms with Gasteiger partial charge in [0.25, 0.3) is 0 Å². The van der Waals surface area contributed by atoms with Crippen molar-refractivity contribution in [3.63, 3.8) is 0 Å². The zero-order valence-corrected chi connectivity index (χ0v) is 13.9. The Morgan fingerprint density at radius 3 is 2.60 bits per heavy atom. The van der Waals surface area contributed by atoms with Crippen molar-refractivity contribution >= 4 is 0 Å². The first-order valence-electron chi connectivity index (χ1n) is 8.67. The fourth-order valence-electron chi connectivity index (χ4n) is 3.83. The first kappa shape index (κ1) is 16.3. The molecule has 20 heavy (non-hydrogen) atoms. The van der Waals surface area contributed by atoms with Gasteiger partial charge in [-0.05, 0) is 38.5 Å². The molecule has 3 unspecified atom stereocenters. The van der Waals surface area contributed by atoms with Crippen LogP contribution in [0.5, 0.6) is 0 Å². The van der Waals surface area contributed by atoms with Gasteiger partial charge in [0, 0.05) is 31.7 Å². The summed E-state index contributed by atoms with van der Waals surface area (Å²) in [6.07, 6.45) is 5.94. The van der Waals surface area contributed by atoms with E-state index in [-0.39, 0.29) is 0 Å². The summed E-state index contributed by atoms with van der Waals surface area (Å²) in [7, 11) is 0. The van der Waals surface area contributed by atoms with Gasteiger partial charge in [-0.15, -0.1) is 0 Å². The Balaban J connectivity index is 1.78. The van der Waals surface area contributed by atoms with Crippen LogP contribution in [0, 0.1) is 11.8 Å². The molecule has 0 bridgehead atoms. The van der Waals surface area contributed by atoms with Crippen molar-refractivity contribution in [3.8, 4) is 0 Å². The van der Waals surface area contributed by atoms with E-state index < -0.39 is 0 Å². The van der Waals surface area contributed by atoms with E-state index in [4.69, 9.17) is 4.74 Å². The maximum Gasteiger partial charge on any atom is 0.0826 e. The molecule has 0 radical (unpaired) electrons. The molecule has 1 saturated carbocycles. The van der Waals surface area contributed by atoms with Crippen molar-refractivity contribution in [1.29, 1.82) is 0 Å². The molecule has 3 nitrogen and oxygen atoms in total. The normalized spacial score (nSPS) is 33.0. The average molecular weight is 282 g/mol. The highest BCUT2D eigenvalue weighted by Gasteiger charge is 2.29. The van der Waals surface area contributed by atoms with Gasteiger partial charge in [-0.3, -0.25) is 4.90 Å². The summed E-state index contributed by atoms with van der Waals surface area (Å²) in [6, 6.07) is 1.35. The first-order valence-corrected chi connectivity index (χ1v) is 8.67. The van der Waals surface area contributed by atoms with E-state index in [1.165, 1.54) is 25.7 Å². The Morgan fingerprint density at radius 2 is 1.90 bits per heavy atom. The topological polar surface area (TPSA) is 24.5 Å². The van der Waals surface area contributed by atoms with Gasteiger partial charge in [-0.25, -0.2) is 0 Å². The molecule has 1 aliphatic carbocycles. The van der Waals surface area contributed by atoms with E-state index in [2.05, 4.69) is 37.9 Å². The van der Waals surface area contributed by atoms with Gasteiger partial charge in [0.1, 0.15) is 0 Å². The van der Waals surface area contributed by atoms with Gasteiger partial charge < -0.3 is 10.1 Å². The summed E-state index contributed by atoms with van der Waals surface area (Å²) in [5.41, 5.74) is 0. The fraction of sp³-hybridized carbons (Fsp3) is 1.00.